The summed E-state index contributed by atoms with van der Waals surface area (Å²) in [6, 6.07) is 9.31. The van der Waals surface area contributed by atoms with Gasteiger partial charge in [0.2, 0.25) is 0 Å². The predicted molar refractivity (Wildman–Crippen MR) is 104 cm³/mol. The van der Waals surface area contributed by atoms with Crippen LogP contribution >= 0.6 is 12.2 Å². The molecule has 1 aromatic rings. The molecule has 1 atom stereocenters. The summed E-state index contributed by atoms with van der Waals surface area (Å²) in [5, 5.41) is 25.6. The third-order valence-corrected chi connectivity index (χ3v) is 3.73. The molecule has 0 radical (unpaired) electrons. The molecule has 0 bridgehead atoms. The fraction of sp³-hybridized carbons (Fsp3) is 0.556. The molecule has 140 valence electrons. The van der Waals surface area contributed by atoms with Crippen molar-refractivity contribution >= 4 is 23.4 Å². The van der Waals surface area contributed by atoms with Crippen molar-refractivity contribution in [3.05, 3.63) is 35.9 Å². The molecule has 1 amide bonds. The van der Waals surface area contributed by atoms with Gasteiger partial charge < -0.3 is 25.7 Å². The summed E-state index contributed by atoms with van der Waals surface area (Å²) in [5.41, 5.74) is 0.803. The van der Waals surface area contributed by atoms with E-state index >= 15 is 0 Å². The third kappa shape index (κ3) is 9.26. The Morgan fingerprint density at radius 2 is 1.92 bits per heavy atom. The molecule has 0 heterocycles. The van der Waals surface area contributed by atoms with Crippen molar-refractivity contribution in [2.45, 2.75) is 51.7 Å². The molecule has 6 nitrogen and oxygen atoms in total. The molecule has 0 saturated carbocycles. The van der Waals surface area contributed by atoms with Gasteiger partial charge in [0, 0.05) is 18.6 Å². The van der Waals surface area contributed by atoms with Crippen LogP contribution < -0.4 is 10.6 Å². The van der Waals surface area contributed by atoms with E-state index in [0.717, 1.165) is 5.56 Å². The van der Waals surface area contributed by atoms with E-state index in [-0.39, 0.29) is 18.2 Å². The summed E-state index contributed by atoms with van der Waals surface area (Å²) in [6.07, 6.45) is 0.318. The van der Waals surface area contributed by atoms with Gasteiger partial charge in [0.1, 0.15) is 0 Å². The number of benzene rings is 1. The zero-order valence-electron chi connectivity index (χ0n) is 15.2. The number of nitrogens with one attached hydrogen (secondary N) is 2. The number of aliphatic hydroxyl groups excluding tert-OH is 1. The Balaban J connectivity index is 2.45. The van der Waals surface area contributed by atoms with Crippen LogP contribution in [0, 0.1) is 0 Å². The fourth-order valence-electron chi connectivity index (χ4n) is 2.35. The van der Waals surface area contributed by atoms with E-state index in [0.29, 0.717) is 31.0 Å². The molecule has 25 heavy (non-hydrogen) atoms. The third-order valence-electron chi connectivity index (χ3n) is 3.51. The number of rotatable bonds is 8. The van der Waals surface area contributed by atoms with Crippen molar-refractivity contribution in [1.29, 1.82) is 0 Å². The van der Waals surface area contributed by atoms with Crippen LogP contribution in [-0.2, 0) is 6.54 Å². The lowest BCUT2D eigenvalue weighted by atomic mass is 10.1. The molecule has 0 aromatic heterocycles. The summed E-state index contributed by atoms with van der Waals surface area (Å²) in [5.74, 6) is 0. The van der Waals surface area contributed by atoms with Crippen LogP contribution in [0.3, 0.4) is 0 Å². The number of carbonyl (C=O) groups is 1. The first-order valence-corrected chi connectivity index (χ1v) is 8.83. The maximum atomic E-state index is 11.4. The Labute approximate surface area is 155 Å². The minimum absolute atomic E-state index is 0.0578. The van der Waals surface area contributed by atoms with Gasteiger partial charge in [-0.15, -0.1) is 0 Å². The molecule has 1 rings (SSSR count). The highest BCUT2D eigenvalue weighted by molar-refractivity contribution is 7.80. The van der Waals surface area contributed by atoms with E-state index in [1.807, 2.05) is 51.1 Å². The topological polar surface area (TPSA) is 84.8 Å². The number of hydrogen-bond donors (Lipinski definition) is 4. The van der Waals surface area contributed by atoms with Gasteiger partial charge in [0.05, 0.1) is 12.6 Å². The second-order valence-electron chi connectivity index (χ2n) is 7.06. The van der Waals surface area contributed by atoms with Gasteiger partial charge in [0.15, 0.2) is 5.11 Å². The Morgan fingerprint density at radius 1 is 1.28 bits per heavy atom. The summed E-state index contributed by atoms with van der Waals surface area (Å²) in [6.45, 7) is 6.72. The van der Waals surface area contributed by atoms with Gasteiger partial charge in [-0.2, -0.15) is 0 Å². The SMILES string of the molecule is CC(C)(C)NC(=S)N[C@@H](CO)CCCN(Cc1ccccc1)C(=O)O. The highest BCUT2D eigenvalue weighted by atomic mass is 32.1. The molecule has 0 aliphatic heterocycles. The molecule has 0 saturated heterocycles. The van der Waals surface area contributed by atoms with Crippen molar-refractivity contribution in [3.63, 3.8) is 0 Å². The summed E-state index contributed by atoms with van der Waals surface area (Å²) in [4.78, 5) is 12.8. The van der Waals surface area contributed by atoms with Gasteiger partial charge in [-0.25, -0.2) is 4.79 Å². The smallest absolute Gasteiger partial charge is 0.407 e. The molecule has 0 aliphatic carbocycles. The Hall–Kier alpha value is -1.86. The maximum absolute atomic E-state index is 11.4. The molecule has 0 unspecified atom stereocenters. The average molecular weight is 368 g/mol. The summed E-state index contributed by atoms with van der Waals surface area (Å²) < 4.78 is 0. The lowest BCUT2D eigenvalue weighted by Crippen LogP contribution is -2.50. The van der Waals surface area contributed by atoms with Crippen molar-refractivity contribution in [1.82, 2.24) is 15.5 Å². The second-order valence-corrected chi connectivity index (χ2v) is 7.47. The Kier molecular flexibility index (Phi) is 8.65. The average Bonchev–Trinajstić information content (AvgIpc) is 2.51. The van der Waals surface area contributed by atoms with Crippen LogP contribution in [0.25, 0.3) is 0 Å². The number of hydrogen-bond acceptors (Lipinski definition) is 3. The van der Waals surface area contributed by atoms with E-state index in [1.165, 1.54) is 4.90 Å². The largest absolute Gasteiger partial charge is 0.465 e. The minimum Gasteiger partial charge on any atom is -0.465 e. The molecule has 0 fully saturated rings. The first-order valence-electron chi connectivity index (χ1n) is 8.42. The highest BCUT2D eigenvalue weighted by Gasteiger charge is 2.16. The van der Waals surface area contributed by atoms with Crippen LogP contribution in [0.2, 0.25) is 0 Å². The molecule has 4 N–H and O–H groups in total. The molecular formula is C18H29N3O3S. The Morgan fingerprint density at radius 3 is 2.44 bits per heavy atom. The van der Waals surface area contributed by atoms with E-state index in [2.05, 4.69) is 10.6 Å². The standard InChI is InChI=1S/C18H29N3O3S/c1-18(2,3)20-16(25)19-15(13-22)10-7-11-21(17(23)24)12-14-8-5-4-6-9-14/h4-6,8-9,15,22H,7,10-13H2,1-3H3,(H,23,24)(H2,19,20,25)/t15-/m1/s1. The number of amides is 1. The van der Waals surface area contributed by atoms with Gasteiger partial charge >= 0.3 is 6.09 Å². The number of aliphatic hydroxyl groups is 1. The van der Waals surface area contributed by atoms with Crippen LogP contribution in [0.4, 0.5) is 4.79 Å². The maximum Gasteiger partial charge on any atom is 0.407 e. The van der Waals surface area contributed by atoms with Gasteiger partial charge in [0.25, 0.3) is 0 Å². The van der Waals surface area contributed by atoms with Crippen LogP contribution in [-0.4, -0.2) is 51.1 Å². The number of carboxylic acid groups (broad SMARTS) is 1. The highest BCUT2D eigenvalue weighted by Crippen LogP contribution is 2.08. The predicted octanol–water partition coefficient (Wildman–Crippen LogP) is 2.57. The van der Waals surface area contributed by atoms with E-state index in [9.17, 15) is 15.0 Å². The molecule has 7 heteroatoms. The normalized spacial score (nSPS) is 12.3. The van der Waals surface area contributed by atoms with Gasteiger partial charge in [-0.05, 0) is 51.4 Å². The van der Waals surface area contributed by atoms with Crippen molar-refractivity contribution in [3.8, 4) is 0 Å². The zero-order valence-corrected chi connectivity index (χ0v) is 16.0. The van der Waals surface area contributed by atoms with Crippen molar-refractivity contribution in [2.24, 2.45) is 0 Å². The fourth-order valence-corrected chi connectivity index (χ4v) is 2.82. The van der Waals surface area contributed by atoms with Crippen molar-refractivity contribution < 1.29 is 15.0 Å². The minimum atomic E-state index is -0.942. The van der Waals surface area contributed by atoms with E-state index < -0.39 is 6.09 Å². The van der Waals surface area contributed by atoms with Crippen LogP contribution in [0.5, 0.6) is 0 Å². The van der Waals surface area contributed by atoms with Gasteiger partial charge in [-0.1, -0.05) is 30.3 Å². The summed E-state index contributed by atoms with van der Waals surface area (Å²) >= 11 is 5.24. The monoisotopic (exact) mass is 367 g/mol. The van der Waals surface area contributed by atoms with Crippen LogP contribution in [0.1, 0.15) is 39.2 Å². The molecule has 0 spiro atoms. The lowest BCUT2D eigenvalue weighted by Gasteiger charge is -2.26. The second kappa shape index (κ2) is 10.2. The molecule has 1 aromatic carbocycles. The van der Waals surface area contributed by atoms with Crippen molar-refractivity contribution in [2.75, 3.05) is 13.2 Å². The summed E-state index contributed by atoms with van der Waals surface area (Å²) in [7, 11) is 0. The quantitative estimate of drug-likeness (QED) is 0.529. The number of nitrogens with zero attached hydrogens (tertiary/aromatic N) is 1. The molecule has 0 aliphatic rings. The van der Waals surface area contributed by atoms with Gasteiger partial charge in [-0.3, -0.25) is 0 Å². The van der Waals surface area contributed by atoms with E-state index in [4.69, 9.17) is 12.2 Å². The zero-order chi connectivity index (χ0) is 18.9. The van der Waals surface area contributed by atoms with E-state index in [1.54, 1.807) is 0 Å². The van der Waals surface area contributed by atoms with Crippen LogP contribution in [0.15, 0.2) is 30.3 Å². The Bertz CT molecular complexity index is 546. The molecular weight excluding hydrogens is 338 g/mol. The lowest BCUT2D eigenvalue weighted by molar-refractivity contribution is 0.140. The first kappa shape index (κ1) is 21.2. The number of thiocarbonyl (C=S) groups is 1. The first-order chi connectivity index (χ1) is 11.7.